The van der Waals surface area contributed by atoms with E-state index in [0.29, 0.717) is 6.42 Å². The second-order valence-electron chi connectivity index (χ2n) is 3.56. The predicted octanol–water partition coefficient (Wildman–Crippen LogP) is 1.29. The van der Waals surface area contributed by atoms with Crippen LogP contribution in [0.1, 0.15) is 26.1 Å². The summed E-state index contributed by atoms with van der Waals surface area (Å²) >= 11 is 0. The molecule has 0 aliphatic carbocycles. The van der Waals surface area contributed by atoms with Crippen LogP contribution in [0.15, 0.2) is 12.4 Å². The second kappa shape index (κ2) is 7.02. The summed E-state index contributed by atoms with van der Waals surface area (Å²) in [5, 5.41) is 8.58. The molecule has 0 saturated carbocycles. The largest absolute Gasteiger partial charge is 0.378 e. The van der Waals surface area contributed by atoms with E-state index in [2.05, 4.69) is 28.3 Å². The third-order valence-corrected chi connectivity index (χ3v) is 2.55. The van der Waals surface area contributed by atoms with Crippen LogP contribution in [0.5, 0.6) is 0 Å². The van der Waals surface area contributed by atoms with Crippen LogP contribution in [0.3, 0.4) is 0 Å². The third kappa shape index (κ3) is 3.35. The van der Waals surface area contributed by atoms with Gasteiger partial charge in [0, 0.05) is 13.0 Å². The lowest BCUT2D eigenvalue weighted by atomic mass is 10.4. The minimum Gasteiger partial charge on any atom is -0.378 e. The summed E-state index contributed by atoms with van der Waals surface area (Å²) in [6.07, 6.45) is 5.65. The standard InChI is InChI=1S/C12H20N3O/c1-3-12-14(7-5-6-13)8-9-15(12)10-11-16-4-2/h8-9H,3-5,7,10-11H2,1-2H3/q+1. The molecule has 0 bridgehead atoms. The number of nitriles is 1. The van der Waals surface area contributed by atoms with Crippen LogP contribution in [-0.2, 0) is 24.2 Å². The molecule has 4 heteroatoms. The van der Waals surface area contributed by atoms with E-state index in [9.17, 15) is 0 Å². The molecule has 0 N–H and O–H groups in total. The molecule has 0 aliphatic heterocycles. The smallest absolute Gasteiger partial charge is 0.256 e. The van der Waals surface area contributed by atoms with Crippen LogP contribution in [0.4, 0.5) is 0 Å². The fraction of sp³-hybridized carbons (Fsp3) is 0.667. The van der Waals surface area contributed by atoms with E-state index in [0.717, 1.165) is 32.7 Å². The second-order valence-corrected chi connectivity index (χ2v) is 3.56. The fourth-order valence-corrected chi connectivity index (χ4v) is 1.79. The van der Waals surface area contributed by atoms with Gasteiger partial charge in [-0.1, -0.05) is 6.92 Å². The van der Waals surface area contributed by atoms with Gasteiger partial charge in [0.15, 0.2) is 0 Å². The predicted molar refractivity (Wildman–Crippen MR) is 60.7 cm³/mol. The molecule has 0 unspecified atom stereocenters. The monoisotopic (exact) mass is 222 g/mol. The first kappa shape index (κ1) is 12.7. The van der Waals surface area contributed by atoms with Gasteiger partial charge in [-0.3, -0.25) is 0 Å². The summed E-state index contributed by atoms with van der Waals surface area (Å²) in [5.41, 5.74) is 0. The van der Waals surface area contributed by atoms with Crippen molar-refractivity contribution in [3.63, 3.8) is 0 Å². The third-order valence-electron chi connectivity index (χ3n) is 2.55. The maximum Gasteiger partial charge on any atom is 0.256 e. The highest BCUT2D eigenvalue weighted by atomic mass is 16.5. The molecule has 0 saturated heterocycles. The number of aromatic nitrogens is 2. The van der Waals surface area contributed by atoms with Gasteiger partial charge in [0.25, 0.3) is 5.82 Å². The number of aryl methyl sites for hydroxylation is 1. The molecular formula is C12H20N3O+. The molecule has 1 aromatic rings. The van der Waals surface area contributed by atoms with Gasteiger partial charge in [-0.15, -0.1) is 0 Å². The van der Waals surface area contributed by atoms with Gasteiger partial charge in [0.2, 0.25) is 0 Å². The Morgan fingerprint density at radius 1 is 1.50 bits per heavy atom. The Morgan fingerprint density at radius 3 is 2.94 bits per heavy atom. The number of rotatable bonds is 7. The van der Waals surface area contributed by atoms with Crippen LogP contribution < -0.4 is 4.57 Å². The molecule has 1 rings (SSSR count). The highest BCUT2D eigenvalue weighted by molar-refractivity contribution is 4.83. The molecule has 0 radical (unpaired) electrons. The SMILES string of the molecule is CCOCCn1cc[n+](CCC#N)c1CC. The Morgan fingerprint density at radius 2 is 2.31 bits per heavy atom. The first-order chi connectivity index (χ1) is 7.83. The molecule has 0 aliphatic rings. The van der Waals surface area contributed by atoms with Crippen molar-refractivity contribution in [2.75, 3.05) is 13.2 Å². The molecule has 0 fully saturated rings. The number of nitrogens with zero attached hydrogens (tertiary/aromatic N) is 3. The lowest BCUT2D eigenvalue weighted by Gasteiger charge is -2.02. The molecule has 4 nitrogen and oxygen atoms in total. The normalized spacial score (nSPS) is 10.3. The van der Waals surface area contributed by atoms with Crippen LogP contribution in [0.25, 0.3) is 0 Å². The van der Waals surface area contributed by atoms with Gasteiger partial charge in [-0.2, -0.15) is 5.26 Å². The molecule has 1 heterocycles. The van der Waals surface area contributed by atoms with Crippen molar-refractivity contribution >= 4 is 0 Å². The summed E-state index contributed by atoms with van der Waals surface area (Å²) < 4.78 is 9.69. The number of hydrogen-bond donors (Lipinski definition) is 0. The van der Waals surface area contributed by atoms with Crippen LogP contribution in [0, 0.1) is 11.3 Å². The van der Waals surface area contributed by atoms with Crippen molar-refractivity contribution in [1.29, 1.82) is 5.26 Å². The molecule has 16 heavy (non-hydrogen) atoms. The van der Waals surface area contributed by atoms with Gasteiger partial charge in [-0.25, -0.2) is 9.13 Å². The Balaban J connectivity index is 2.63. The molecule has 0 spiro atoms. The molecule has 0 atom stereocenters. The fourth-order valence-electron chi connectivity index (χ4n) is 1.79. The minimum absolute atomic E-state index is 0.563. The first-order valence-corrected chi connectivity index (χ1v) is 5.85. The van der Waals surface area contributed by atoms with Crippen LogP contribution >= 0.6 is 0 Å². The number of hydrogen-bond acceptors (Lipinski definition) is 2. The minimum atomic E-state index is 0.563. The highest BCUT2D eigenvalue weighted by Gasteiger charge is 2.14. The maximum atomic E-state index is 8.58. The molecule has 88 valence electrons. The molecule has 0 amide bonds. The van der Waals surface area contributed by atoms with Crippen LogP contribution in [-0.4, -0.2) is 17.8 Å². The zero-order valence-electron chi connectivity index (χ0n) is 10.1. The summed E-state index contributed by atoms with van der Waals surface area (Å²) in [4.78, 5) is 0. The molecular weight excluding hydrogens is 202 g/mol. The van der Waals surface area contributed by atoms with Crippen molar-refractivity contribution in [2.45, 2.75) is 39.8 Å². The van der Waals surface area contributed by atoms with E-state index in [1.165, 1.54) is 5.82 Å². The van der Waals surface area contributed by atoms with E-state index in [-0.39, 0.29) is 0 Å². The maximum absolute atomic E-state index is 8.58. The van der Waals surface area contributed by atoms with Gasteiger partial charge >= 0.3 is 0 Å². The van der Waals surface area contributed by atoms with E-state index in [4.69, 9.17) is 10.00 Å². The lowest BCUT2D eigenvalue weighted by Crippen LogP contribution is -2.37. The van der Waals surface area contributed by atoms with Crippen molar-refractivity contribution in [1.82, 2.24) is 4.57 Å². The summed E-state index contributed by atoms with van der Waals surface area (Å²) in [7, 11) is 0. The molecule has 1 aromatic heterocycles. The van der Waals surface area contributed by atoms with Crippen molar-refractivity contribution in [2.24, 2.45) is 0 Å². The highest BCUT2D eigenvalue weighted by Crippen LogP contribution is 1.98. The lowest BCUT2D eigenvalue weighted by molar-refractivity contribution is -0.702. The van der Waals surface area contributed by atoms with Crippen LogP contribution in [0.2, 0.25) is 0 Å². The van der Waals surface area contributed by atoms with Crippen molar-refractivity contribution in [3.8, 4) is 6.07 Å². The topological polar surface area (TPSA) is 41.8 Å². The average Bonchev–Trinajstić information content (AvgIpc) is 2.69. The summed E-state index contributed by atoms with van der Waals surface area (Å²) in [6, 6.07) is 2.17. The number of imidazole rings is 1. The summed E-state index contributed by atoms with van der Waals surface area (Å²) in [5.74, 6) is 1.26. The zero-order valence-corrected chi connectivity index (χ0v) is 10.1. The number of ether oxygens (including phenoxy) is 1. The Hall–Kier alpha value is -1.34. The van der Waals surface area contributed by atoms with Gasteiger partial charge in [-0.05, 0) is 6.92 Å². The van der Waals surface area contributed by atoms with E-state index in [1.807, 2.05) is 13.1 Å². The van der Waals surface area contributed by atoms with Gasteiger partial charge in [0.1, 0.15) is 25.5 Å². The van der Waals surface area contributed by atoms with Gasteiger partial charge < -0.3 is 4.74 Å². The Kier molecular flexibility index (Phi) is 5.58. The first-order valence-electron chi connectivity index (χ1n) is 5.85. The van der Waals surface area contributed by atoms with Crippen molar-refractivity contribution in [3.05, 3.63) is 18.2 Å². The zero-order chi connectivity index (χ0) is 11.8. The molecule has 0 aromatic carbocycles. The van der Waals surface area contributed by atoms with Crippen molar-refractivity contribution < 1.29 is 9.30 Å². The Bertz CT molecular complexity index is 352. The summed E-state index contributed by atoms with van der Waals surface area (Å²) in [6.45, 7) is 7.31. The Labute approximate surface area is 97.1 Å². The quantitative estimate of drug-likeness (QED) is 0.515. The van der Waals surface area contributed by atoms with E-state index < -0.39 is 0 Å². The average molecular weight is 222 g/mol. The van der Waals surface area contributed by atoms with Gasteiger partial charge in [0.05, 0.1) is 19.1 Å². The van der Waals surface area contributed by atoms with E-state index in [1.54, 1.807) is 0 Å². The van der Waals surface area contributed by atoms with E-state index >= 15 is 0 Å².